The fourth-order valence-electron chi connectivity index (χ4n) is 3.11. The Morgan fingerprint density at radius 2 is 1.14 bits per heavy atom. The number of benzene rings is 3. The van der Waals surface area contributed by atoms with Crippen LogP contribution in [0, 0.1) is 0 Å². The zero-order chi connectivity index (χ0) is 20.6. The molecule has 0 fully saturated rings. The molecular weight excluding hydrogens is 360 g/mol. The minimum atomic E-state index is -0.382. The van der Waals surface area contributed by atoms with Crippen LogP contribution < -0.4 is 4.90 Å². The summed E-state index contributed by atoms with van der Waals surface area (Å²) in [5, 5.41) is 0. The van der Waals surface area contributed by atoms with Crippen LogP contribution in [-0.4, -0.2) is 30.4 Å². The quantitative estimate of drug-likeness (QED) is 0.298. The summed E-state index contributed by atoms with van der Waals surface area (Å²) in [5.74, 6) is -0.764. The van der Waals surface area contributed by atoms with E-state index in [0.717, 1.165) is 18.8 Å². The number of aliphatic imine (C=N–C) groups is 1. The van der Waals surface area contributed by atoms with Crippen LogP contribution in [0.2, 0.25) is 0 Å². The van der Waals surface area contributed by atoms with Crippen molar-refractivity contribution in [3.05, 3.63) is 96.1 Å². The highest BCUT2D eigenvalue weighted by molar-refractivity contribution is 6.72. The predicted octanol–water partition coefficient (Wildman–Crippen LogP) is 5.37. The molecule has 0 unspecified atom stereocenters. The molecule has 0 N–H and O–H groups in total. The minimum Gasteiger partial charge on any atom is -0.372 e. The Kier molecular flexibility index (Phi) is 6.69. The fraction of sp³-hybridized carbons (Fsp3) is 0.160. The van der Waals surface area contributed by atoms with Gasteiger partial charge in [-0.2, -0.15) is 0 Å². The number of ketones is 2. The summed E-state index contributed by atoms with van der Waals surface area (Å²) in [6, 6.07) is 25.1. The van der Waals surface area contributed by atoms with Crippen molar-refractivity contribution in [3.8, 4) is 0 Å². The average Bonchev–Trinajstić information content (AvgIpc) is 2.79. The van der Waals surface area contributed by atoms with Crippen LogP contribution in [0.3, 0.4) is 0 Å². The Balaban J connectivity index is 2.00. The molecule has 0 radical (unpaired) electrons. The van der Waals surface area contributed by atoms with Gasteiger partial charge < -0.3 is 4.90 Å². The number of anilines is 1. The van der Waals surface area contributed by atoms with Crippen molar-refractivity contribution in [3.63, 3.8) is 0 Å². The smallest absolute Gasteiger partial charge is 0.215 e. The molecule has 3 aromatic carbocycles. The molecule has 0 amide bonds. The third kappa shape index (κ3) is 4.85. The number of Topliss-reactive ketones (excluding diaryl/α,β-unsaturated/α-hetero) is 2. The highest BCUT2D eigenvalue weighted by Crippen LogP contribution is 2.21. The lowest BCUT2D eigenvalue weighted by Crippen LogP contribution is -2.24. The summed E-state index contributed by atoms with van der Waals surface area (Å²) < 4.78 is 0. The molecule has 0 bridgehead atoms. The normalized spacial score (nSPS) is 10.3. The Morgan fingerprint density at radius 1 is 0.690 bits per heavy atom. The van der Waals surface area contributed by atoms with Crippen LogP contribution in [0.1, 0.15) is 34.6 Å². The summed E-state index contributed by atoms with van der Waals surface area (Å²) in [6.45, 7) is 6.02. The molecule has 0 spiro atoms. The molecule has 3 aromatic rings. The minimum absolute atomic E-state index is 0.0852. The summed E-state index contributed by atoms with van der Waals surface area (Å²) >= 11 is 0. The van der Waals surface area contributed by atoms with Gasteiger partial charge in [0, 0.05) is 29.9 Å². The van der Waals surface area contributed by atoms with Gasteiger partial charge in [-0.05, 0) is 38.1 Å². The monoisotopic (exact) mass is 384 g/mol. The van der Waals surface area contributed by atoms with E-state index in [-0.39, 0.29) is 17.3 Å². The molecule has 0 aliphatic carbocycles. The van der Waals surface area contributed by atoms with Crippen molar-refractivity contribution >= 4 is 28.7 Å². The van der Waals surface area contributed by atoms with Crippen molar-refractivity contribution in [2.45, 2.75) is 13.8 Å². The molecule has 0 atom stereocenters. The van der Waals surface area contributed by atoms with Crippen LogP contribution in [0.15, 0.2) is 89.9 Å². The summed E-state index contributed by atoms with van der Waals surface area (Å²) in [6.07, 6.45) is 0. The first-order valence-corrected chi connectivity index (χ1v) is 9.77. The number of nitrogens with zero attached hydrogens (tertiary/aromatic N) is 2. The zero-order valence-electron chi connectivity index (χ0n) is 16.7. The standard InChI is InChI=1S/C25H24N2O2/c1-3-27(4-2)22-17-15-21(16-18-22)26-23(24(28)19-11-7-5-8-12-19)25(29)20-13-9-6-10-14-20/h5-18H,3-4H2,1-2H3. The van der Waals surface area contributed by atoms with Crippen molar-refractivity contribution < 1.29 is 9.59 Å². The number of hydrogen-bond acceptors (Lipinski definition) is 4. The largest absolute Gasteiger partial charge is 0.372 e. The molecule has 0 aromatic heterocycles. The van der Waals surface area contributed by atoms with E-state index < -0.39 is 0 Å². The van der Waals surface area contributed by atoms with E-state index in [0.29, 0.717) is 16.8 Å². The maximum absolute atomic E-state index is 13.1. The van der Waals surface area contributed by atoms with E-state index in [1.807, 2.05) is 36.4 Å². The molecule has 0 heterocycles. The van der Waals surface area contributed by atoms with Crippen LogP contribution >= 0.6 is 0 Å². The molecule has 29 heavy (non-hydrogen) atoms. The molecule has 4 heteroatoms. The second-order valence-corrected chi connectivity index (χ2v) is 6.54. The third-order valence-electron chi connectivity index (χ3n) is 4.72. The second-order valence-electron chi connectivity index (χ2n) is 6.54. The maximum Gasteiger partial charge on any atom is 0.215 e. The molecule has 0 saturated heterocycles. The second kappa shape index (κ2) is 9.60. The molecule has 4 nitrogen and oxygen atoms in total. The van der Waals surface area contributed by atoms with Gasteiger partial charge in [-0.15, -0.1) is 0 Å². The van der Waals surface area contributed by atoms with Crippen molar-refractivity contribution in [1.82, 2.24) is 0 Å². The van der Waals surface area contributed by atoms with Crippen molar-refractivity contribution in [2.24, 2.45) is 4.99 Å². The van der Waals surface area contributed by atoms with Crippen LogP contribution in [0.25, 0.3) is 0 Å². The predicted molar refractivity (Wildman–Crippen MR) is 119 cm³/mol. The lowest BCUT2D eigenvalue weighted by atomic mass is 9.99. The van der Waals surface area contributed by atoms with E-state index in [9.17, 15) is 9.59 Å². The van der Waals surface area contributed by atoms with Gasteiger partial charge in [-0.3, -0.25) is 9.59 Å². The first-order chi connectivity index (χ1) is 14.1. The Morgan fingerprint density at radius 3 is 1.55 bits per heavy atom. The van der Waals surface area contributed by atoms with Gasteiger partial charge in [0.05, 0.1) is 5.69 Å². The lowest BCUT2D eigenvalue weighted by molar-refractivity contribution is 0.102. The van der Waals surface area contributed by atoms with Gasteiger partial charge in [0.2, 0.25) is 11.6 Å². The van der Waals surface area contributed by atoms with Gasteiger partial charge in [0.25, 0.3) is 0 Å². The number of hydrogen-bond donors (Lipinski definition) is 0. The van der Waals surface area contributed by atoms with Crippen molar-refractivity contribution in [2.75, 3.05) is 18.0 Å². The molecule has 0 aliphatic heterocycles. The van der Waals surface area contributed by atoms with E-state index >= 15 is 0 Å². The van der Waals surface area contributed by atoms with Gasteiger partial charge >= 0.3 is 0 Å². The van der Waals surface area contributed by atoms with Crippen LogP contribution in [0.5, 0.6) is 0 Å². The zero-order valence-corrected chi connectivity index (χ0v) is 16.7. The SMILES string of the molecule is CCN(CC)c1ccc(N=C(C(=O)c2ccccc2)C(=O)c2ccccc2)cc1. The molecule has 146 valence electrons. The first-order valence-electron chi connectivity index (χ1n) is 9.77. The van der Waals surface area contributed by atoms with Gasteiger partial charge in [0.1, 0.15) is 0 Å². The average molecular weight is 384 g/mol. The third-order valence-corrected chi connectivity index (χ3v) is 4.72. The maximum atomic E-state index is 13.1. The lowest BCUT2D eigenvalue weighted by Gasteiger charge is -2.20. The Labute approximate surface area is 171 Å². The van der Waals surface area contributed by atoms with E-state index in [1.165, 1.54) is 0 Å². The highest BCUT2D eigenvalue weighted by Gasteiger charge is 2.23. The molecule has 0 saturated carbocycles. The summed E-state index contributed by atoms with van der Waals surface area (Å²) in [7, 11) is 0. The fourth-order valence-corrected chi connectivity index (χ4v) is 3.11. The van der Waals surface area contributed by atoms with E-state index in [4.69, 9.17) is 0 Å². The molecule has 3 rings (SSSR count). The topological polar surface area (TPSA) is 49.7 Å². The number of rotatable bonds is 8. The van der Waals surface area contributed by atoms with Gasteiger partial charge in [0.15, 0.2) is 5.71 Å². The van der Waals surface area contributed by atoms with Gasteiger partial charge in [-0.25, -0.2) is 4.99 Å². The van der Waals surface area contributed by atoms with Crippen LogP contribution in [-0.2, 0) is 0 Å². The Hall–Kier alpha value is -3.53. The molecular formula is C25H24N2O2. The van der Waals surface area contributed by atoms with Crippen LogP contribution in [0.4, 0.5) is 11.4 Å². The highest BCUT2D eigenvalue weighted by atomic mass is 16.2. The Bertz CT molecular complexity index is 937. The molecule has 0 aliphatic rings. The first kappa shape index (κ1) is 20.2. The van der Waals surface area contributed by atoms with E-state index in [1.54, 1.807) is 48.5 Å². The number of carbonyl (C=O) groups excluding carboxylic acids is 2. The summed E-state index contributed by atoms with van der Waals surface area (Å²) in [5.41, 5.74) is 2.45. The van der Waals surface area contributed by atoms with E-state index in [2.05, 4.69) is 23.7 Å². The summed E-state index contributed by atoms with van der Waals surface area (Å²) in [4.78, 5) is 32.8. The van der Waals surface area contributed by atoms with Gasteiger partial charge in [-0.1, -0.05) is 60.7 Å². The number of carbonyl (C=O) groups is 2. The van der Waals surface area contributed by atoms with Crippen molar-refractivity contribution in [1.29, 1.82) is 0 Å².